The van der Waals surface area contributed by atoms with Gasteiger partial charge in [-0.05, 0) is 30.2 Å². The van der Waals surface area contributed by atoms with Crippen molar-refractivity contribution in [2.45, 2.75) is 19.4 Å². The Hall–Kier alpha value is -3.28. The molecule has 0 amide bonds. The number of carbonyl (C=O) groups is 1. The topological polar surface area (TPSA) is 86.0 Å². The Bertz CT molecular complexity index is 989. The molecule has 3 aromatic rings. The summed E-state index contributed by atoms with van der Waals surface area (Å²) >= 11 is 0. The molecule has 1 aromatic heterocycles. The number of aryl methyl sites for hydroxylation is 1. The van der Waals surface area contributed by atoms with Crippen LogP contribution in [0.25, 0.3) is 11.0 Å². The first-order chi connectivity index (χ1) is 12.6. The van der Waals surface area contributed by atoms with Crippen molar-refractivity contribution in [2.24, 2.45) is 0 Å². The maximum Gasteiger partial charge on any atom is 0.336 e. The van der Waals surface area contributed by atoms with Gasteiger partial charge in [-0.3, -0.25) is 4.79 Å². The third kappa shape index (κ3) is 4.03. The zero-order valence-electron chi connectivity index (χ0n) is 14.2. The lowest BCUT2D eigenvalue weighted by molar-refractivity contribution is -0.144. The number of phenols is 1. The third-order valence-electron chi connectivity index (χ3n) is 3.99. The lowest BCUT2D eigenvalue weighted by atomic mass is 10.1. The highest BCUT2D eigenvalue weighted by Gasteiger charge is 2.11. The van der Waals surface area contributed by atoms with Gasteiger partial charge >= 0.3 is 11.6 Å². The van der Waals surface area contributed by atoms with Crippen LogP contribution in [0.1, 0.15) is 17.5 Å². The van der Waals surface area contributed by atoms with Gasteiger partial charge in [0.15, 0.2) is 0 Å². The average Bonchev–Trinajstić information content (AvgIpc) is 2.64. The van der Waals surface area contributed by atoms with Gasteiger partial charge in [0.25, 0.3) is 0 Å². The number of para-hydroxylation sites is 1. The fourth-order valence-electron chi connectivity index (χ4n) is 2.71. The summed E-state index contributed by atoms with van der Waals surface area (Å²) < 4.78 is 15.6. The van der Waals surface area contributed by atoms with Crippen LogP contribution in [0.3, 0.4) is 0 Å². The first kappa shape index (κ1) is 17.5. The van der Waals surface area contributed by atoms with Crippen molar-refractivity contribution in [1.29, 1.82) is 0 Å². The zero-order chi connectivity index (χ0) is 18.5. The maximum atomic E-state index is 12.1. The van der Waals surface area contributed by atoms with Gasteiger partial charge in [-0.2, -0.15) is 0 Å². The van der Waals surface area contributed by atoms with E-state index in [2.05, 4.69) is 0 Å². The summed E-state index contributed by atoms with van der Waals surface area (Å²) in [5, 5.41) is 10.1. The van der Waals surface area contributed by atoms with E-state index in [0.717, 1.165) is 11.3 Å². The zero-order valence-corrected chi connectivity index (χ0v) is 14.2. The molecule has 6 heteroatoms. The fourth-order valence-corrected chi connectivity index (χ4v) is 2.71. The first-order valence-corrected chi connectivity index (χ1v) is 8.10. The van der Waals surface area contributed by atoms with Crippen LogP contribution in [0.2, 0.25) is 0 Å². The molecule has 0 bridgehead atoms. The summed E-state index contributed by atoms with van der Waals surface area (Å²) in [7, 11) is 1.58. The van der Waals surface area contributed by atoms with Crippen molar-refractivity contribution in [1.82, 2.24) is 0 Å². The SMILES string of the molecule is COc1ccccc1CCC(=O)OCc1cc(=O)oc2cc(O)ccc12. The van der Waals surface area contributed by atoms with Gasteiger partial charge in [-0.1, -0.05) is 18.2 Å². The van der Waals surface area contributed by atoms with E-state index in [4.69, 9.17) is 13.9 Å². The number of esters is 1. The second-order valence-corrected chi connectivity index (χ2v) is 5.74. The number of hydrogen-bond acceptors (Lipinski definition) is 6. The van der Waals surface area contributed by atoms with Gasteiger partial charge in [0.1, 0.15) is 23.7 Å². The molecule has 0 radical (unpaired) electrons. The Labute approximate surface area is 149 Å². The van der Waals surface area contributed by atoms with Gasteiger partial charge < -0.3 is 19.0 Å². The number of hydrogen-bond donors (Lipinski definition) is 1. The minimum absolute atomic E-state index is 0.00777. The van der Waals surface area contributed by atoms with E-state index in [1.54, 1.807) is 13.2 Å². The summed E-state index contributed by atoms with van der Waals surface area (Å²) in [5.74, 6) is 0.342. The Balaban J connectivity index is 1.66. The first-order valence-electron chi connectivity index (χ1n) is 8.10. The molecule has 0 aliphatic rings. The van der Waals surface area contributed by atoms with Crippen LogP contribution in [-0.2, 0) is 22.6 Å². The Kier molecular flexibility index (Phi) is 5.22. The van der Waals surface area contributed by atoms with E-state index in [0.29, 0.717) is 17.4 Å². The van der Waals surface area contributed by atoms with Crippen molar-refractivity contribution in [3.63, 3.8) is 0 Å². The summed E-state index contributed by atoms with van der Waals surface area (Å²) in [4.78, 5) is 23.7. The molecule has 0 spiro atoms. The largest absolute Gasteiger partial charge is 0.508 e. The highest BCUT2D eigenvalue weighted by Crippen LogP contribution is 2.23. The molecule has 0 atom stereocenters. The molecule has 1 heterocycles. The van der Waals surface area contributed by atoms with Crippen molar-refractivity contribution in [3.05, 3.63) is 70.1 Å². The summed E-state index contributed by atoms with van der Waals surface area (Å²) in [6, 6.07) is 13.2. The lowest BCUT2D eigenvalue weighted by Gasteiger charge is -2.09. The molecule has 3 rings (SSSR count). The van der Waals surface area contributed by atoms with Crippen molar-refractivity contribution < 1.29 is 23.8 Å². The minimum atomic E-state index is -0.567. The monoisotopic (exact) mass is 354 g/mol. The second kappa shape index (κ2) is 7.74. The number of benzene rings is 2. The van der Waals surface area contributed by atoms with Gasteiger partial charge in [0.05, 0.1) is 7.11 Å². The van der Waals surface area contributed by atoms with Crippen molar-refractivity contribution >= 4 is 16.9 Å². The van der Waals surface area contributed by atoms with Gasteiger partial charge in [0, 0.05) is 29.5 Å². The van der Waals surface area contributed by atoms with E-state index in [-0.39, 0.29) is 30.3 Å². The van der Waals surface area contributed by atoms with Gasteiger partial charge in [0.2, 0.25) is 0 Å². The van der Waals surface area contributed by atoms with E-state index in [9.17, 15) is 14.7 Å². The second-order valence-electron chi connectivity index (χ2n) is 5.74. The third-order valence-corrected chi connectivity index (χ3v) is 3.99. The predicted molar refractivity (Wildman–Crippen MR) is 95.3 cm³/mol. The number of aromatic hydroxyl groups is 1. The molecule has 0 unspecified atom stereocenters. The van der Waals surface area contributed by atoms with Crippen LogP contribution in [0, 0.1) is 0 Å². The van der Waals surface area contributed by atoms with Gasteiger partial charge in [-0.25, -0.2) is 4.79 Å². The summed E-state index contributed by atoms with van der Waals surface area (Å²) in [6.45, 7) is -0.0440. The normalized spacial score (nSPS) is 10.7. The molecular formula is C20H18O6. The van der Waals surface area contributed by atoms with Crippen LogP contribution >= 0.6 is 0 Å². The standard InChI is InChI=1S/C20H18O6/c1-24-17-5-3-2-4-13(17)6-9-19(22)25-12-14-10-20(23)26-18-11-15(21)7-8-16(14)18/h2-5,7-8,10-11,21H,6,9,12H2,1H3. The Morgan fingerprint density at radius 2 is 1.92 bits per heavy atom. The van der Waals surface area contributed by atoms with E-state index in [1.165, 1.54) is 18.2 Å². The molecule has 0 saturated carbocycles. The number of rotatable bonds is 6. The smallest absolute Gasteiger partial charge is 0.336 e. The number of phenolic OH excluding ortho intramolecular Hbond substituents is 1. The van der Waals surface area contributed by atoms with Crippen LogP contribution < -0.4 is 10.4 Å². The molecule has 26 heavy (non-hydrogen) atoms. The molecule has 134 valence electrons. The van der Waals surface area contributed by atoms with E-state index < -0.39 is 5.63 Å². The van der Waals surface area contributed by atoms with Crippen LogP contribution in [0.15, 0.2) is 57.7 Å². The van der Waals surface area contributed by atoms with E-state index >= 15 is 0 Å². The highest BCUT2D eigenvalue weighted by atomic mass is 16.5. The molecule has 1 N–H and O–H groups in total. The fraction of sp³-hybridized carbons (Fsp3) is 0.200. The lowest BCUT2D eigenvalue weighted by Crippen LogP contribution is -2.08. The maximum absolute atomic E-state index is 12.1. The van der Waals surface area contributed by atoms with E-state index in [1.807, 2.05) is 24.3 Å². The molecular weight excluding hydrogens is 336 g/mol. The molecule has 6 nitrogen and oxygen atoms in total. The highest BCUT2D eigenvalue weighted by molar-refractivity contribution is 5.81. The van der Waals surface area contributed by atoms with Crippen LogP contribution in [-0.4, -0.2) is 18.2 Å². The van der Waals surface area contributed by atoms with Gasteiger partial charge in [-0.15, -0.1) is 0 Å². The van der Waals surface area contributed by atoms with Crippen LogP contribution in [0.5, 0.6) is 11.5 Å². The summed E-state index contributed by atoms with van der Waals surface area (Å²) in [6.07, 6.45) is 0.689. The Morgan fingerprint density at radius 3 is 2.73 bits per heavy atom. The molecule has 0 aliphatic heterocycles. The molecule has 0 aliphatic carbocycles. The number of carbonyl (C=O) groups excluding carboxylic acids is 1. The predicted octanol–water partition coefficient (Wildman–Crippen LogP) is 3.18. The quantitative estimate of drug-likeness (QED) is 0.540. The van der Waals surface area contributed by atoms with Crippen molar-refractivity contribution in [3.8, 4) is 11.5 Å². The van der Waals surface area contributed by atoms with Crippen LogP contribution in [0.4, 0.5) is 0 Å². The molecule has 0 saturated heterocycles. The summed E-state index contributed by atoms with van der Waals surface area (Å²) in [5.41, 5.74) is 1.14. The molecule has 2 aromatic carbocycles. The molecule has 0 fully saturated rings. The average molecular weight is 354 g/mol. The number of fused-ring (bicyclic) bond motifs is 1. The Morgan fingerprint density at radius 1 is 1.12 bits per heavy atom. The number of ether oxygens (including phenoxy) is 2. The minimum Gasteiger partial charge on any atom is -0.508 e. The number of methoxy groups -OCH3 is 1. The van der Waals surface area contributed by atoms with Crippen molar-refractivity contribution in [2.75, 3.05) is 7.11 Å².